The van der Waals surface area contributed by atoms with E-state index in [0.29, 0.717) is 47.7 Å². The Morgan fingerprint density at radius 1 is 0.403 bits per heavy atom. The fraction of sp³-hybridized carbons (Fsp3) is 0.154. The van der Waals surface area contributed by atoms with Gasteiger partial charge in [-0.25, -0.2) is 0 Å². The van der Waals surface area contributed by atoms with Crippen LogP contribution in [0.15, 0.2) is 170 Å². The van der Waals surface area contributed by atoms with E-state index < -0.39 is 85.3 Å². The van der Waals surface area contributed by atoms with Gasteiger partial charge >= 0.3 is 24.7 Å². The zero-order valence-electron chi connectivity index (χ0n) is 34.7. The average molecular weight is 964 g/mol. The molecule has 1 nitrogen and oxygen atoms in total. The van der Waals surface area contributed by atoms with Gasteiger partial charge in [-0.15, -0.1) is 0 Å². The maximum Gasteiger partial charge on any atom is 0.416 e. The third-order valence-corrected chi connectivity index (χ3v) is 16.9. The summed E-state index contributed by atoms with van der Waals surface area (Å²) >= 11 is 0. The van der Waals surface area contributed by atoms with Crippen molar-refractivity contribution in [1.29, 1.82) is 0 Å². The first-order chi connectivity index (χ1) is 31.7. The number of hydrogen-bond donors (Lipinski definition) is 1. The number of benzene rings is 8. The third-order valence-electron chi connectivity index (χ3n) is 12.0. The summed E-state index contributed by atoms with van der Waals surface area (Å²) in [5.74, 6) is 0. The van der Waals surface area contributed by atoms with E-state index in [9.17, 15) is 52.7 Å². The highest BCUT2D eigenvalue weighted by molar-refractivity contribution is 7.71. The van der Waals surface area contributed by atoms with Gasteiger partial charge < -0.3 is 0 Å². The lowest BCUT2D eigenvalue weighted by Gasteiger charge is -2.38. The van der Waals surface area contributed by atoms with Crippen LogP contribution in [0.4, 0.5) is 52.7 Å². The van der Waals surface area contributed by atoms with Crippen molar-refractivity contribution < 1.29 is 52.7 Å². The van der Waals surface area contributed by atoms with Crippen LogP contribution < -0.4 is 15.7 Å². The largest absolute Gasteiger partial charge is 0.416 e. The molecule has 0 bridgehead atoms. The highest BCUT2D eigenvalue weighted by Gasteiger charge is 2.42. The molecule has 1 heterocycles. The molecule has 67 heavy (non-hydrogen) atoms. The maximum absolute atomic E-state index is 14.6. The number of fused-ring (bicyclic) bond motifs is 7. The summed E-state index contributed by atoms with van der Waals surface area (Å²) in [4.78, 5) is 0. The van der Waals surface area contributed by atoms with Gasteiger partial charge in [-0.2, -0.15) is 52.7 Å². The van der Waals surface area contributed by atoms with E-state index in [0.717, 1.165) is 43.8 Å². The van der Waals surface area contributed by atoms with Gasteiger partial charge in [-0.1, -0.05) is 141 Å². The van der Waals surface area contributed by atoms with Crippen molar-refractivity contribution in [3.05, 3.63) is 214 Å². The van der Waals surface area contributed by atoms with Crippen molar-refractivity contribution in [2.75, 3.05) is 0 Å². The zero-order chi connectivity index (χ0) is 47.5. The lowest BCUT2D eigenvalue weighted by molar-refractivity contribution is -0.144. The molecule has 1 aliphatic heterocycles. The molecule has 0 radical (unpaired) electrons. The molecule has 8 aromatic rings. The average Bonchev–Trinajstić information content (AvgIpc) is 3.47. The van der Waals surface area contributed by atoms with Crippen molar-refractivity contribution in [3.8, 4) is 11.1 Å². The highest BCUT2D eigenvalue weighted by atomic mass is 31.1. The van der Waals surface area contributed by atoms with Crippen molar-refractivity contribution >= 4 is 48.1 Å². The zero-order valence-corrected chi connectivity index (χ0v) is 36.5. The molecular weight excluding hydrogens is 929 g/mol. The Bertz CT molecular complexity index is 2860. The molecule has 0 aromatic heterocycles. The number of rotatable bonds is 8. The van der Waals surface area contributed by atoms with Gasteiger partial charge in [0.05, 0.1) is 22.3 Å². The Hall–Kier alpha value is -5.74. The second-order valence-electron chi connectivity index (χ2n) is 16.3. The van der Waals surface area contributed by atoms with Crippen LogP contribution in [0.25, 0.3) is 32.7 Å². The Morgan fingerprint density at radius 3 is 1.15 bits per heavy atom. The Balaban J connectivity index is 1.32. The number of halogens is 12. The SMILES string of the molecule is FC(F)(F)c1cc(P(N[C@@H](c2ccccc2)[C@H](c2ccccc2)P2Cc3ccc4ccccc4c3-c3c(ccc4ccccc34)C2)c2cc(C(F)(F)F)cc(C(F)(F)F)c2)cc(C(F)(F)F)c1. The Labute approximate surface area is 379 Å². The first-order valence-electron chi connectivity index (χ1n) is 20.7. The molecule has 342 valence electrons. The van der Waals surface area contributed by atoms with Crippen LogP contribution in [0.1, 0.15) is 56.2 Å². The summed E-state index contributed by atoms with van der Waals surface area (Å²) in [7, 11) is -4.53. The van der Waals surface area contributed by atoms with Crippen LogP contribution in [0, 0.1) is 0 Å². The smallest absolute Gasteiger partial charge is 0.280 e. The molecule has 1 aliphatic rings. The molecule has 0 fully saturated rings. The van der Waals surface area contributed by atoms with Gasteiger partial charge in [0.1, 0.15) is 0 Å². The second-order valence-corrected chi connectivity index (χ2v) is 20.6. The van der Waals surface area contributed by atoms with Crippen molar-refractivity contribution in [1.82, 2.24) is 5.09 Å². The topological polar surface area (TPSA) is 12.0 Å². The molecule has 1 N–H and O–H groups in total. The first kappa shape index (κ1) is 46.4. The van der Waals surface area contributed by atoms with E-state index in [1.54, 1.807) is 48.5 Å². The molecular formula is C52H35F12NP2. The van der Waals surface area contributed by atoms with Gasteiger partial charge in [0, 0.05) is 19.8 Å². The minimum absolute atomic E-state index is 0.122. The molecule has 0 amide bonds. The normalized spacial score (nSPS) is 14.8. The fourth-order valence-electron chi connectivity index (χ4n) is 9.00. The van der Waals surface area contributed by atoms with Gasteiger partial charge in [0.2, 0.25) is 0 Å². The van der Waals surface area contributed by atoms with Crippen LogP contribution in [0.5, 0.6) is 0 Å². The second kappa shape index (κ2) is 17.7. The summed E-state index contributed by atoms with van der Waals surface area (Å²) in [6, 6.07) is 41.5. The summed E-state index contributed by atoms with van der Waals surface area (Å²) in [5, 5.41) is 5.64. The summed E-state index contributed by atoms with van der Waals surface area (Å²) < 4.78 is 175. The van der Waals surface area contributed by atoms with Crippen LogP contribution in [-0.2, 0) is 37.0 Å². The maximum atomic E-state index is 14.6. The van der Waals surface area contributed by atoms with E-state index in [2.05, 4.69) is 5.09 Å². The van der Waals surface area contributed by atoms with E-state index >= 15 is 0 Å². The molecule has 0 aliphatic carbocycles. The van der Waals surface area contributed by atoms with E-state index in [1.165, 1.54) is 0 Å². The standard InChI is InChI=1S/C52H35F12NP2/c53-49(54,55)37-23-38(50(56,57)58)26-41(25-37)67(42-27-39(51(59,60)61)24-40(28-42)52(62,63)64)65-47(33-13-3-1-4-14-33)48(34-15-5-2-6-16-34)66-29-35-21-19-31-11-7-9-17-43(31)45(35)46-36(30-66)22-20-32-12-8-10-18-44(32)46/h1-28,47-48,65H,29-30H2/t47-,48-/m0/s1. The third kappa shape index (κ3) is 9.56. The number of nitrogens with one attached hydrogen (secondary N) is 1. The summed E-state index contributed by atoms with van der Waals surface area (Å²) in [6.45, 7) is 0. The highest BCUT2D eigenvalue weighted by Crippen LogP contribution is 2.65. The van der Waals surface area contributed by atoms with Crippen LogP contribution in [0.3, 0.4) is 0 Å². The first-order valence-corrected chi connectivity index (χ1v) is 23.9. The molecule has 0 unspecified atom stereocenters. The van der Waals surface area contributed by atoms with Gasteiger partial charge in [0.15, 0.2) is 0 Å². The molecule has 0 saturated carbocycles. The quantitative estimate of drug-likeness (QED) is 0.118. The molecule has 15 heteroatoms. The molecule has 8 aromatic carbocycles. The minimum atomic E-state index is -5.38. The van der Waals surface area contributed by atoms with E-state index in [4.69, 9.17) is 0 Å². The summed E-state index contributed by atoms with van der Waals surface area (Å²) in [5.41, 5.74) is -2.70. The van der Waals surface area contributed by atoms with E-state index in [-0.39, 0.29) is 12.1 Å². The van der Waals surface area contributed by atoms with Crippen LogP contribution in [0.2, 0.25) is 0 Å². The lowest BCUT2D eigenvalue weighted by atomic mass is 9.88. The molecule has 9 rings (SSSR count). The lowest BCUT2D eigenvalue weighted by Crippen LogP contribution is -2.32. The van der Waals surface area contributed by atoms with Crippen molar-refractivity contribution in [2.24, 2.45) is 0 Å². The molecule has 0 spiro atoms. The number of alkyl halides is 12. The van der Waals surface area contributed by atoms with Crippen LogP contribution >= 0.6 is 16.0 Å². The monoisotopic (exact) mass is 963 g/mol. The Morgan fingerprint density at radius 2 is 0.761 bits per heavy atom. The van der Waals surface area contributed by atoms with E-state index in [1.807, 2.05) is 84.9 Å². The minimum Gasteiger partial charge on any atom is -0.280 e. The van der Waals surface area contributed by atoms with Gasteiger partial charge in [-0.3, -0.25) is 5.09 Å². The van der Waals surface area contributed by atoms with Crippen molar-refractivity contribution in [3.63, 3.8) is 0 Å². The molecule has 0 saturated heterocycles. The predicted octanol–water partition coefficient (Wildman–Crippen LogP) is 16.4. The van der Waals surface area contributed by atoms with Gasteiger partial charge in [-0.05, 0) is 114 Å². The Kier molecular flexibility index (Phi) is 12.3. The molecule has 2 atom stereocenters. The van der Waals surface area contributed by atoms with Gasteiger partial charge in [0.25, 0.3) is 0 Å². The van der Waals surface area contributed by atoms with Crippen LogP contribution in [-0.4, -0.2) is 0 Å². The van der Waals surface area contributed by atoms with Crippen molar-refractivity contribution in [2.45, 2.75) is 48.7 Å². The fourth-order valence-corrected chi connectivity index (χ4v) is 14.5. The predicted molar refractivity (Wildman–Crippen MR) is 242 cm³/mol. The number of hydrogen-bond acceptors (Lipinski definition) is 1. The summed E-state index contributed by atoms with van der Waals surface area (Å²) in [6.07, 6.45) is -20.7.